The summed E-state index contributed by atoms with van der Waals surface area (Å²) in [5, 5.41) is 29.1. The first-order valence-electron chi connectivity index (χ1n) is 7.48. The van der Waals surface area contributed by atoms with Crippen LogP contribution in [-0.2, 0) is 19.0 Å². The molecular weight excluding hydrogens is 320 g/mol. The molecule has 8 heteroatoms. The van der Waals surface area contributed by atoms with Gasteiger partial charge in [-0.05, 0) is 32.4 Å². The highest BCUT2D eigenvalue weighted by Crippen LogP contribution is 2.29. The normalized spacial score (nSPS) is 27.1. The standard InChI is InChI=1S/C16H20O8/c1-4-22-16-14(13(20)12(19)8(3)23-16)24-15(21)11-7(2)5-9(17)6-10(11)18/h5-6,8,12,14,16-19H,4H2,1-3H3. The van der Waals surface area contributed by atoms with E-state index in [1.165, 1.54) is 19.9 Å². The number of esters is 1. The van der Waals surface area contributed by atoms with E-state index in [-0.39, 0.29) is 23.5 Å². The lowest BCUT2D eigenvalue weighted by Gasteiger charge is -2.35. The van der Waals surface area contributed by atoms with Gasteiger partial charge in [0.1, 0.15) is 23.2 Å². The van der Waals surface area contributed by atoms with Crippen LogP contribution in [0.5, 0.6) is 11.5 Å². The Morgan fingerprint density at radius 1 is 1.33 bits per heavy atom. The molecule has 0 bridgehead atoms. The van der Waals surface area contributed by atoms with Gasteiger partial charge in [0.25, 0.3) is 0 Å². The van der Waals surface area contributed by atoms with Gasteiger partial charge in [-0.1, -0.05) is 0 Å². The van der Waals surface area contributed by atoms with Crippen molar-refractivity contribution in [2.45, 2.75) is 45.4 Å². The molecule has 1 heterocycles. The second-order valence-corrected chi connectivity index (χ2v) is 5.49. The minimum atomic E-state index is -1.46. The number of hydrogen-bond acceptors (Lipinski definition) is 8. The Balaban J connectivity index is 2.27. The Hall–Kier alpha value is -2.16. The topological polar surface area (TPSA) is 123 Å². The van der Waals surface area contributed by atoms with Crippen LogP contribution < -0.4 is 0 Å². The summed E-state index contributed by atoms with van der Waals surface area (Å²) in [5.74, 6) is -2.42. The number of Topliss-reactive ketones (excluding diaryl/α,β-unsaturated/α-hetero) is 1. The van der Waals surface area contributed by atoms with Gasteiger partial charge in [0.05, 0.1) is 6.10 Å². The van der Waals surface area contributed by atoms with Crippen LogP contribution in [0.2, 0.25) is 0 Å². The second-order valence-electron chi connectivity index (χ2n) is 5.49. The number of ketones is 1. The number of benzene rings is 1. The number of phenolic OH excluding ortho intramolecular Hbond substituents is 2. The quantitative estimate of drug-likeness (QED) is 0.683. The Morgan fingerprint density at radius 2 is 2.00 bits per heavy atom. The summed E-state index contributed by atoms with van der Waals surface area (Å²) in [7, 11) is 0. The van der Waals surface area contributed by atoms with E-state index in [2.05, 4.69) is 0 Å². The molecule has 0 radical (unpaired) electrons. The van der Waals surface area contributed by atoms with E-state index in [0.717, 1.165) is 6.07 Å². The van der Waals surface area contributed by atoms with Gasteiger partial charge in [0, 0.05) is 12.7 Å². The van der Waals surface area contributed by atoms with Crippen LogP contribution in [0.3, 0.4) is 0 Å². The molecule has 4 atom stereocenters. The summed E-state index contributed by atoms with van der Waals surface area (Å²) in [5.41, 5.74) is 0.0764. The van der Waals surface area contributed by atoms with Crippen LogP contribution in [0.4, 0.5) is 0 Å². The predicted molar refractivity (Wildman–Crippen MR) is 80.7 cm³/mol. The first kappa shape index (κ1) is 18.2. The van der Waals surface area contributed by atoms with E-state index in [1.54, 1.807) is 6.92 Å². The number of aryl methyl sites for hydroxylation is 1. The third kappa shape index (κ3) is 3.50. The predicted octanol–water partition coefficient (Wildman–Crippen LogP) is 0.643. The Kier molecular flexibility index (Phi) is 5.43. The Labute approximate surface area is 138 Å². The largest absolute Gasteiger partial charge is 0.508 e. The lowest BCUT2D eigenvalue weighted by atomic mass is 10.0. The van der Waals surface area contributed by atoms with Gasteiger partial charge in [-0.3, -0.25) is 4.79 Å². The van der Waals surface area contributed by atoms with Crippen LogP contribution in [0, 0.1) is 6.92 Å². The number of hydrogen-bond donors (Lipinski definition) is 3. The number of rotatable bonds is 4. The number of carbonyl (C=O) groups is 2. The molecule has 0 aliphatic carbocycles. The van der Waals surface area contributed by atoms with Crippen LogP contribution in [0.25, 0.3) is 0 Å². The van der Waals surface area contributed by atoms with E-state index >= 15 is 0 Å². The molecule has 24 heavy (non-hydrogen) atoms. The number of ether oxygens (including phenoxy) is 3. The maximum Gasteiger partial charge on any atom is 0.343 e. The van der Waals surface area contributed by atoms with E-state index in [0.29, 0.717) is 0 Å². The van der Waals surface area contributed by atoms with Crippen LogP contribution in [-0.4, -0.2) is 58.3 Å². The zero-order chi connectivity index (χ0) is 18.0. The molecule has 1 aliphatic rings. The van der Waals surface area contributed by atoms with E-state index in [9.17, 15) is 24.9 Å². The molecule has 0 aromatic heterocycles. The molecule has 0 amide bonds. The lowest BCUT2D eigenvalue weighted by Crippen LogP contribution is -2.56. The number of phenols is 2. The first-order chi connectivity index (χ1) is 11.3. The molecule has 132 valence electrons. The molecule has 1 aliphatic heterocycles. The monoisotopic (exact) mass is 340 g/mol. The number of aromatic hydroxyl groups is 2. The van der Waals surface area contributed by atoms with Crippen LogP contribution in [0.15, 0.2) is 12.1 Å². The molecular formula is C16H20O8. The first-order valence-corrected chi connectivity index (χ1v) is 7.48. The fourth-order valence-corrected chi connectivity index (χ4v) is 2.49. The minimum absolute atomic E-state index is 0.191. The Morgan fingerprint density at radius 3 is 2.58 bits per heavy atom. The van der Waals surface area contributed by atoms with Gasteiger partial charge in [0.15, 0.2) is 0 Å². The average Bonchev–Trinajstić information content (AvgIpc) is 2.48. The van der Waals surface area contributed by atoms with Crippen molar-refractivity contribution in [2.24, 2.45) is 0 Å². The molecule has 1 saturated heterocycles. The fourth-order valence-electron chi connectivity index (χ4n) is 2.49. The molecule has 4 unspecified atom stereocenters. The smallest absolute Gasteiger partial charge is 0.343 e. The lowest BCUT2D eigenvalue weighted by molar-refractivity contribution is -0.245. The summed E-state index contributed by atoms with van der Waals surface area (Å²) in [6, 6.07) is 2.26. The number of aliphatic hydroxyl groups is 1. The SMILES string of the molecule is CCOC1OC(C)C(O)C(=O)C1OC(=O)c1c(C)cc(O)cc1O. The highest BCUT2D eigenvalue weighted by Gasteiger charge is 2.45. The minimum Gasteiger partial charge on any atom is -0.508 e. The fraction of sp³-hybridized carbons (Fsp3) is 0.500. The highest BCUT2D eigenvalue weighted by molar-refractivity contribution is 5.97. The zero-order valence-corrected chi connectivity index (χ0v) is 13.6. The van der Waals surface area contributed by atoms with Gasteiger partial charge in [-0.15, -0.1) is 0 Å². The summed E-state index contributed by atoms with van der Waals surface area (Å²) >= 11 is 0. The van der Waals surface area contributed by atoms with Crippen molar-refractivity contribution in [3.05, 3.63) is 23.3 Å². The van der Waals surface area contributed by atoms with Gasteiger partial charge >= 0.3 is 5.97 Å². The third-order valence-corrected chi connectivity index (χ3v) is 3.68. The molecule has 8 nitrogen and oxygen atoms in total. The van der Waals surface area contributed by atoms with Gasteiger partial charge in [0.2, 0.25) is 18.2 Å². The van der Waals surface area contributed by atoms with Crippen molar-refractivity contribution in [2.75, 3.05) is 6.61 Å². The zero-order valence-electron chi connectivity index (χ0n) is 13.6. The van der Waals surface area contributed by atoms with Gasteiger partial charge in [-0.25, -0.2) is 4.79 Å². The van der Waals surface area contributed by atoms with E-state index in [4.69, 9.17) is 14.2 Å². The van der Waals surface area contributed by atoms with Gasteiger partial charge in [-0.2, -0.15) is 0 Å². The number of carbonyl (C=O) groups excluding carboxylic acids is 2. The summed E-state index contributed by atoms with van der Waals surface area (Å²) in [6.07, 6.45) is -4.86. The molecule has 0 saturated carbocycles. The second kappa shape index (κ2) is 7.16. The molecule has 1 aromatic carbocycles. The molecule has 1 fully saturated rings. The maximum absolute atomic E-state index is 12.3. The maximum atomic E-state index is 12.3. The summed E-state index contributed by atoms with van der Waals surface area (Å²) < 4.78 is 15.8. The van der Waals surface area contributed by atoms with Crippen molar-refractivity contribution >= 4 is 11.8 Å². The molecule has 2 rings (SSSR count). The van der Waals surface area contributed by atoms with E-state index in [1.807, 2.05) is 0 Å². The Bertz CT molecular complexity index is 618. The highest BCUT2D eigenvalue weighted by atomic mass is 16.7. The molecule has 0 spiro atoms. The molecule has 3 N–H and O–H groups in total. The van der Waals surface area contributed by atoms with Crippen molar-refractivity contribution in [3.63, 3.8) is 0 Å². The van der Waals surface area contributed by atoms with E-state index < -0.39 is 42.1 Å². The summed E-state index contributed by atoms with van der Waals surface area (Å²) in [6.45, 7) is 4.88. The third-order valence-electron chi connectivity index (χ3n) is 3.68. The van der Waals surface area contributed by atoms with Crippen molar-refractivity contribution in [3.8, 4) is 11.5 Å². The van der Waals surface area contributed by atoms with Crippen LogP contribution >= 0.6 is 0 Å². The number of aliphatic hydroxyl groups excluding tert-OH is 1. The average molecular weight is 340 g/mol. The molecule has 1 aromatic rings. The van der Waals surface area contributed by atoms with Crippen molar-refractivity contribution in [1.82, 2.24) is 0 Å². The van der Waals surface area contributed by atoms with Gasteiger partial charge < -0.3 is 29.5 Å². The van der Waals surface area contributed by atoms with Crippen LogP contribution in [0.1, 0.15) is 29.8 Å². The summed E-state index contributed by atoms with van der Waals surface area (Å²) in [4.78, 5) is 24.6. The van der Waals surface area contributed by atoms with Crippen molar-refractivity contribution in [1.29, 1.82) is 0 Å². The van der Waals surface area contributed by atoms with Crippen molar-refractivity contribution < 1.29 is 39.1 Å².